The number of aryl methyl sites for hydroxylation is 1. The first-order chi connectivity index (χ1) is 22.1. The van der Waals surface area contributed by atoms with Crippen molar-refractivity contribution in [3.63, 3.8) is 0 Å². The van der Waals surface area contributed by atoms with Crippen LogP contribution in [-0.4, -0.2) is 26.4 Å². The lowest BCUT2D eigenvalue weighted by molar-refractivity contribution is -0.384. The van der Waals surface area contributed by atoms with Gasteiger partial charge in [0.25, 0.3) is 21.6 Å². The Bertz CT molecular complexity index is 2020. The third kappa shape index (κ3) is 6.00. The Balaban J connectivity index is 1.54. The molecule has 232 valence electrons. The zero-order valence-electron chi connectivity index (χ0n) is 25.0. The van der Waals surface area contributed by atoms with Gasteiger partial charge in [0.1, 0.15) is 11.9 Å². The molecule has 5 aromatic rings. The van der Waals surface area contributed by atoms with E-state index in [1.807, 2.05) is 42.2 Å². The van der Waals surface area contributed by atoms with Gasteiger partial charge in [-0.2, -0.15) is 0 Å². The van der Waals surface area contributed by atoms with Crippen molar-refractivity contribution >= 4 is 38.7 Å². The van der Waals surface area contributed by atoms with Gasteiger partial charge in [-0.15, -0.1) is 0 Å². The number of nitrogens with zero attached hydrogens (tertiary/aromatic N) is 3. The average molecular weight is 635 g/mol. The van der Waals surface area contributed by atoms with E-state index in [0.717, 1.165) is 11.1 Å². The Labute approximate surface area is 266 Å². The van der Waals surface area contributed by atoms with Gasteiger partial charge in [0.15, 0.2) is 0 Å². The molecule has 0 unspecified atom stereocenters. The van der Waals surface area contributed by atoms with Crippen LogP contribution in [0.15, 0.2) is 126 Å². The molecular formula is C35H30N4O6S. The van der Waals surface area contributed by atoms with Gasteiger partial charge in [-0.3, -0.25) is 24.5 Å². The van der Waals surface area contributed by atoms with E-state index in [9.17, 15) is 23.3 Å². The fourth-order valence-electron chi connectivity index (χ4n) is 5.53. The summed E-state index contributed by atoms with van der Waals surface area (Å²) in [7, 11) is -2.52. The molecule has 11 heteroatoms. The molecule has 0 fully saturated rings. The Morgan fingerprint density at radius 2 is 1.59 bits per heavy atom. The normalized spacial score (nSPS) is 14.5. The molecule has 1 N–H and O–H groups in total. The molecule has 0 aromatic heterocycles. The number of nitrogens with one attached hydrogen (secondary N) is 1. The molecule has 10 nitrogen and oxygen atoms in total. The summed E-state index contributed by atoms with van der Waals surface area (Å²) in [5, 5.41) is 11.8. The summed E-state index contributed by atoms with van der Waals surface area (Å²) in [6.45, 7) is 2.22. The highest BCUT2D eigenvalue weighted by Gasteiger charge is 2.41. The van der Waals surface area contributed by atoms with E-state index in [1.165, 1.54) is 36.3 Å². The zero-order valence-corrected chi connectivity index (χ0v) is 25.8. The van der Waals surface area contributed by atoms with Crippen molar-refractivity contribution in [3.05, 3.63) is 154 Å². The number of benzene rings is 5. The molecule has 1 heterocycles. The van der Waals surface area contributed by atoms with Gasteiger partial charge in [0.2, 0.25) is 0 Å². The predicted octanol–water partition coefficient (Wildman–Crippen LogP) is 7.08. The van der Waals surface area contributed by atoms with Gasteiger partial charge in [-0.05, 0) is 67.1 Å². The van der Waals surface area contributed by atoms with Crippen LogP contribution in [0.4, 0.5) is 22.7 Å². The maximum Gasteiger partial charge on any atom is 0.269 e. The highest BCUT2D eigenvalue weighted by molar-refractivity contribution is 7.92. The van der Waals surface area contributed by atoms with E-state index in [4.69, 9.17) is 4.74 Å². The van der Waals surface area contributed by atoms with Crippen LogP contribution in [0.2, 0.25) is 0 Å². The minimum atomic E-state index is -4.06. The number of nitro benzene ring substituents is 1. The van der Waals surface area contributed by atoms with Gasteiger partial charge in [0.05, 0.1) is 28.2 Å². The molecule has 0 aliphatic carbocycles. The fourth-order valence-corrected chi connectivity index (χ4v) is 6.62. The highest BCUT2D eigenvalue weighted by Crippen LogP contribution is 2.44. The predicted molar refractivity (Wildman–Crippen MR) is 177 cm³/mol. The maximum absolute atomic E-state index is 14.6. The molecule has 1 aliphatic rings. The maximum atomic E-state index is 14.6. The van der Waals surface area contributed by atoms with Crippen molar-refractivity contribution in [2.45, 2.75) is 24.5 Å². The minimum absolute atomic E-state index is 0.0803. The lowest BCUT2D eigenvalue weighted by Gasteiger charge is -2.46. The summed E-state index contributed by atoms with van der Waals surface area (Å²) >= 11 is 0. The minimum Gasteiger partial charge on any atom is -0.497 e. The van der Waals surface area contributed by atoms with E-state index in [0.29, 0.717) is 34.9 Å². The Kier molecular flexibility index (Phi) is 8.16. The first-order valence-corrected chi connectivity index (χ1v) is 15.9. The molecule has 0 radical (unpaired) electrons. The van der Waals surface area contributed by atoms with Crippen LogP contribution >= 0.6 is 0 Å². The molecule has 5 aromatic carbocycles. The number of carbonyl (C=O) groups excluding carboxylic acids is 1. The second kappa shape index (κ2) is 12.4. The van der Waals surface area contributed by atoms with Crippen molar-refractivity contribution in [2.75, 3.05) is 21.6 Å². The SMILES string of the molecule is COc1ccc(N2C(=O)c3cc(S(=O)(=O)Nc4ccc(C)cc4)ccc3N(Cc3ccccc3)[C@@H]2c2cccc([N+](=O)[O-])c2)cc1. The van der Waals surface area contributed by atoms with Crippen molar-refractivity contribution < 1.29 is 22.9 Å². The van der Waals surface area contributed by atoms with Crippen LogP contribution in [0.1, 0.15) is 33.2 Å². The molecule has 0 bridgehead atoms. The van der Waals surface area contributed by atoms with Crippen molar-refractivity contribution in [1.82, 2.24) is 0 Å². The number of rotatable bonds is 9. The quantitative estimate of drug-likeness (QED) is 0.136. The highest BCUT2D eigenvalue weighted by atomic mass is 32.2. The lowest BCUT2D eigenvalue weighted by atomic mass is 9.98. The summed E-state index contributed by atoms with van der Waals surface area (Å²) in [5.74, 6) is 0.116. The third-order valence-electron chi connectivity index (χ3n) is 7.81. The second-order valence-corrected chi connectivity index (χ2v) is 12.5. The number of hydrogen-bond donors (Lipinski definition) is 1. The molecule has 46 heavy (non-hydrogen) atoms. The summed E-state index contributed by atoms with van der Waals surface area (Å²) in [6.07, 6.45) is -0.818. The van der Waals surface area contributed by atoms with Crippen molar-refractivity contribution in [3.8, 4) is 5.75 Å². The van der Waals surface area contributed by atoms with E-state index in [1.54, 1.807) is 66.7 Å². The number of nitro groups is 1. The molecule has 0 saturated carbocycles. The molecular weight excluding hydrogens is 604 g/mol. The van der Waals surface area contributed by atoms with E-state index in [-0.39, 0.29) is 16.1 Å². The summed E-state index contributed by atoms with van der Waals surface area (Å²) < 4.78 is 35.0. The molecule has 0 spiro atoms. The monoisotopic (exact) mass is 634 g/mol. The first-order valence-electron chi connectivity index (χ1n) is 14.4. The summed E-state index contributed by atoms with van der Waals surface area (Å²) in [4.78, 5) is 29.3. The molecule has 6 rings (SSSR count). The lowest BCUT2D eigenvalue weighted by Crippen LogP contribution is -2.49. The fraction of sp³-hybridized carbons (Fsp3) is 0.114. The summed E-state index contributed by atoms with van der Waals surface area (Å²) in [6, 6.07) is 34.1. The van der Waals surface area contributed by atoms with Crippen molar-refractivity contribution in [1.29, 1.82) is 0 Å². The number of hydrogen-bond acceptors (Lipinski definition) is 7. The average Bonchev–Trinajstić information content (AvgIpc) is 3.07. The Morgan fingerprint density at radius 1 is 0.870 bits per heavy atom. The third-order valence-corrected chi connectivity index (χ3v) is 9.19. The smallest absolute Gasteiger partial charge is 0.269 e. The Hall–Kier alpha value is -5.68. The second-order valence-electron chi connectivity index (χ2n) is 10.9. The van der Waals surface area contributed by atoms with Gasteiger partial charge in [-0.25, -0.2) is 8.42 Å². The molecule has 1 amide bonds. The number of anilines is 3. The number of amides is 1. The van der Waals surface area contributed by atoms with Crippen LogP contribution in [0.5, 0.6) is 5.75 Å². The Morgan fingerprint density at radius 3 is 2.26 bits per heavy atom. The van der Waals surface area contributed by atoms with Crippen LogP contribution in [-0.2, 0) is 16.6 Å². The van der Waals surface area contributed by atoms with Crippen LogP contribution in [0.25, 0.3) is 0 Å². The summed E-state index contributed by atoms with van der Waals surface area (Å²) in [5.41, 5.74) is 3.85. The van der Waals surface area contributed by atoms with Crippen LogP contribution < -0.4 is 19.3 Å². The van der Waals surface area contributed by atoms with Gasteiger partial charge >= 0.3 is 0 Å². The van der Waals surface area contributed by atoms with E-state index < -0.39 is 27.0 Å². The molecule has 1 aliphatic heterocycles. The number of non-ortho nitro benzene ring substituents is 1. The van der Waals surface area contributed by atoms with Gasteiger partial charge in [0, 0.05) is 35.6 Å². The number of carbonyl (C=O) groups is 1. The topological polar surface area (TPSA) is 122 Å². The number of methoxy groups -OCH3 is 1. The van der Waals surface area contributed by atoms with Crippen LogP contribution in [0, 0.1) is 17.0 Å². The van der Waals surface area contributed by atoms with Crippen molar-refractivity contribution in [2.24, 2.45) is 0 Å². The van der Waals surface area contributed by atoms with Gasteiger partial charge < -0.3 is 9.64 Å². The van der Waals surface area contributed by atoms with E-state index >= 15 is 0 Å². The zero-order chi connectivity index (χ0) is 32.4. The first kappa shape index (κ1) is 30.4. The number of ether oxygens (including phenoxy) is 1. The van der Waals surface area contributed by atoms with Crippen LogP contribution in [0.3, 0.4) is 0 Å². The van der Waals surface area contributed by atoms with E-state index in [2.05, 4.69) is 4.72 Å². The number of sulfonamides is 1. The molecule has 1 atom stereocenters. The standard InChI is InChI=1S/C35H30N4O6S/c1-24-11-13-27(14-12-24)36-46(43,44)31-19-20-33-32(22-31)35(40)38(28-15-17-30(45-2)18-16-28)34(26-9-6-10-29(21-26)39(41)42)37(33)23-25-7-4-3-5-8-25/h3-22,34,36H,23H2,1-2H3/t34-/m0/s1. The number of fused-ring (bicyclic) bond motifs is 1. The molecule has 0 saturated heterocycles. The largest absolute Gasteiger partial charge is 0.497 e. The van der Waals surface area contributed by atoms with Gasteiger partial charge in [-0.1, -0.05) is 60.2 Å².